The second-order valence-corrected chi connectivity index (χ2v) is 7.28. The van der Waals surface area contributed by atoms with Crippen LogP contribution in [0.2, 0.25) is 5.02 Å². The molecule has 1 amide bonds. The SMILES string of the molecule is CCOc1cc(/C(O)=C2/C(=O)C(=O)N(Cc3ccncc3)C2c2ccco2)ccc1Cl. The summed E-state index contributed by atoms with van der Waals surface area (Å²) in [5, 5.41) is 11.4. The normalized spacial score (nSPS) is 17.9. The average Bonchev–Trinajstić information content (AvgIpc) is 3.38. The molecule has 0 saturated carbocycles. The maximum Gasteiger partial charge on any atom is 0.296 e. The molecule has 0 radical (unpaired) electrons. The minimum absolute atomic E-state index is 0.0567. The van der Waals surface area contributed by atoms with E-state index >= 15 is 0 Å². The van der Waals surface area contributed by atoms with Gasteiger partial charge in [0, 0.05) is 24.5 Å². The molecule has 0 aliphatic carbocycles. The van der Waals surface area contributed by atoms with Gasteiger partial charge in [-0.05, 0) is 55.0 Å². The van der Waals surface area contributed by atoms with Gasteiger partial charge in [-0.1, -0.05) is 11.6 Å². The first-order valence-electron chi connectivity index (χ1n) is 9.64. The number of rotatable bonds is 6. The number of Topliss-reactive ketones (excluding diaryl/α,β-unsaturated/α-hetero) is 1. The zero-order chi connectivity index (χ0) is 22.0. The number of aliphatic hydroxyl groups is 1. The molecule has 1 unspecified atom stereocenters. The van der Waals surface area contributed by atoms with E-state index in [4.69, 9.17) is 20.8 Å². The van der Waals surface area contributed by atoms with Crippen molar-refractivity contribution in [1.82, 2.24) is 9.88 Å². The van der Waals surface area contributed by atoms with Crippen molar-refractivity contribution in [2.24, 2.45) is 0 Å². The lowest BCUT2D eigenvalue weighted by Gasteiger charge is -2.23. The molecule has 1 aliphatic rings. The third-order valence-corrected chi connectivity index (χ3v) is 5.27. The number of furan rings is 1. The van der Waals surface area contributed by atoms with E-state index < -0.39 is 17.7 Å². The van der Waals surface area contributed by atoms with Crippen LogP contribution in [0.4, 0.5) is 0 Å². The van der Waals surface area contributed by atoms with Gasteiger partial charge < -0.3 is 19.2 Å². The van der Waals surface area contributed by atoms with Gasteiger partial charge in [0.1, 0.15) is 23.3 Å². The van der Waals surface area contributed by atoms with Crippen LogP contribution < -0.4 is 4.74 Å². The van der Waals surface area contributed by atoms with E-state index in [0.29, 0.717) is 28.7 Å². The zero-order valence-electron chi connectivity index (χ0n) is 16.6. The van der Waals surface area contributed by atoms with Crippen LogP contribution in [-0.2, 0) is 16.1 Å². The Morgan fingerprint density at radius 1 is 1.23 bits per heavy atom. The van der Waals surface area contributed by atoms with Crippen molar-refractivity contribution in [3.8, 4) is 5.75 Å². The predicted octanol–water partition coefficient (Wildman–Crippen LogP) is 4.35. The topological polar surface area (TPSA) is 92.9 Å². The number of aliphatic hydroxyl groups excluding tert-OH is 1. The van der Waals surface area contributed by atoms with Crippen molar-refractivity contribution < 1.29 is 23.8 Å². The van der Waals surface area contributed by atoms with E-state index in [1.54, 1.807) is 48.8 Å². The minimum Gasteiger partial charge on any atom is -0.507 e. The quantitative estimate of drug-likeness (QED) is 0.349. The average molecular weight is 439 g/mol. The number of pyridine rings is 1. The van der Waals surface area contributed by atoms with Gasteiger partial charge in [-0.15, -0.1) is 0 Å². The molecule has 7 nitrogen and oxygen atoms in total. The molecule has 3 aromatic rings. The molecule has 4 rings (SSSR count). The fourth-order valence-corrected chi connectivity index (χ4v) is 3.72. The van der Waals surface area contributed by atoms with E-state index in [1.165, 1.54) is 17.2 Å². The highest BCUT2D eigenvalue weighted by Crippen LogP contribution is 2.41. The van der Waals surface area contributed by atoms with E-state index in [-0.39, 0.29) is 17.9 Å². The largest absolute Gasteiger partial charge is 0.507 e. The Morgan fingerprint density at radius 2 is 2.00 bits per heavy atom. The molecular formula is C23H19ClN2O5. The molecule has 31 heavy (non-hydrogen) atoms. The molecule has 1 aromatic carbocycles. The van der Waals surface area contributed by atoms with Crippen molar-refractivity contribution in [3.05, 3.63) is 88.6 Å². The van der Waals surface area contributed by atoms with Gasteiger partial charge in [0.15, 0.2) is 0 Å². The first-order chi connectivity index (χ1) is 15.0. The van der Waals surface area contributed by atoms with Crippen molar-refractivity contribution in [3.63, 3.8) is 0 Å². The van der Waals surface area contributed by atoms with E-state index in [9.17, 15) is 14.7 Å². The Morgan fingerprint density at radius 3 is 2.68 bits per heavy atom. The Balaban J connectivity index is 1.82. The molecule has 2 aromatic heterocycles. The van der Waals surface area contributed by atoms with Gasteiger partial charge in [0.05, 0.1) is 23.5 Å². The van der Waals surface area contributed by atoms with Crippen LogP contribution in [0.5, 0.6) is 5.75 Å². The van der Waals surface area contributed by atoms with Gasteiger partial charge in [-0.25, -0.2) is 0 Å². The lowest BCUT2D eigenvalue weighted by Crippen LogP contribution is -2.29. The summed E-state index contributed by atoms with van der Waals surface area (Å²) in [6.07, 6.45) is 4.67. The number of ketones is 1. The summed E-state index contributed by atoms with van der Waals surface area (Å²) < 4.78 is 11.0. The van der Waals surface area contributed by atoms with E-state index in [0.717, 1.165) is 5.56 Å². The fourth-order valence-electron chi connectivity index (χ4n) is 3.54. The van der Waals surface area contributed by atoms with Crippen molar-refractivity contribution in [2.75, 3.05) is 6.61 Å². The molecule has 1 fully saturated rings. The van der Waals surface area contributed by atoms with Gasteiger partial charge in [-0.2, -0.15) is 0 Å². The van der Waals surface area contributed by atoms with Crippen LogP contribution in [-0.4, -0.2) is 33.3 Å². The molecule has 3 heterocycles. The molecule has 1 N–H and O–H groups in total. The summed E-state index contributed by atoms with van der Waals surface area (Å²) in [5.74, 6) is -1.10. The van der Waals surface area contributed by atoms with Gasteiger partial charge in [0.2, 0.25) is 0 Å². The zero-order valence-corrected chi connectivity index (χ0v) is 17.4. The van der Waals surface area contributed by atoms with Crippen LogP contribution in [0.15, 0.2) is 71.1 Å². The van der Waals surface area contributed by atoms with Crippen LogP contribution in [0.3, 0.4) is 0 Å². The lowest BCUT2D eigenvalue weighted by atomic mass is 9.99. The smallest absolute Gasteiger partial charge is 0.296 e. The van der Waals surface area contributed by atoms with Crippen LogP contribution in [0.1, 0.15) is 29.9 Å². The highest BCUT2D eigenvalue weighted by molar-refractivity contribution is 6.46. The van der Waals surface area contributed by atoms with E-state index in [1.807, 2.05) is 6.92 Å². The van der Waals surface area contributed by atoms with Gasteiger partial charge >= 0.3 is 0 Å². The predicted molar refractivity (Wildman–Crippen MR) is 113 cm³/mol. The van der Waals surface area contributed by atoms with Gasteiger partial charge in [-0.3, -0.25) is 14.6 Å². The highest BCUT2D eigenvalue weighted by Gasteiger charge is 2.47. The Kier molecular flexibility index (Phi) is 5.77. The summed E-state index contributed by atoms with van der Waals surface area (Å²) >= 11 is 6.14. The number of carbonyl (C=O) groups excluding carboxylic acids is 2. The summed E-state index contributed by atoms with van der Waals surface area (Å²) in [5.41, 5.74) is 1.05. The number of halogens is 1. The molecule has 158 valence electrons. The van der Waals surface area contributed by atoms with Crippen molar-refractivity contribution in [1.29, 1.82) is 0 Å². The first-order valence-corrected chi connectivity index (χ1v) is 10.0. The number of ether oxygens (including phenoxy) is 1. The first kappa shape index (κ1) is 20.7. The maximum atomic E-state index is 13.0. The molecule has 1 atom stereocenters. The standard InChI is InChI=1S/C23H19ClN2O5/c1-2-30-18-12-15(5-6-16(18)24)21(27)19-20(17-4-3-11-31-17)26(23(29)22(19)28)13-14-7-9-25-10-8-14/h3-12,20,27H,2,13H2,1H3/b21-19-. The van der Waals surface area contributed by atoms with Crippen molar-refractivity contribution in [2.45, 2.75) is 19.5 Å². The van der Waals surface area contributed by atoms with E-state index in [2.05, 4.69) is 4.98 Å². The molecule has 0 spiro atoms. The molecule has 1 aliphatic heterocycles. The monoisotopic (exact) mass is 438 g/mol. The van der Waals surface area contributed by atoms with Crippen LogP contribution in [0, 0.1) is 0 Å². The molecule has 8 heteroatoms. The number of nitrogens with zero attached hydrogens (tertiary/aromatic N) is 2. The maximum absolute atomic E-state index is 13.0. The minimum atomic E-state index is -0.880. The number of carbonyl (C=O) groups is 2. The van der Waals surface area contributed by atoms with Crippen LogP contribution >= 0.6 is 11.6 Å². The third kappa shape index (κ3) is 3.92. The number of amides is 1. The molecular weight excluding hydrogens is 420 g/mol. The molecule has 1 saturated heterocycles. The summed E-state index contributed by atoms with van der Waals surface area (Å²) in [4.78, 5) is 31.2. The number of hydrogen-bond donors (Lipinski definition) is 1. The second kappa shape index (κ2) is 8.65. The fraction of sp³-hybridized carbons (Fsp3) is 0.174. The highest BCUT2D eigenvalue weighted by atomic mass is 35.5. The Bertz CT molecular complexity index is 1140. The summed E-state index contributed by atoms with van der Waals surface area (Å²) in [7, 11) is 0. The number of benzene rings is 1. The van der Waals surface area contributed by atoms with Gasteiger partial charge in [0.25, 0.3) is 11.7 Å². The number of hydrogen-bond acceptors (Lipinski definition) is 6. The second-order valence-electron chi connectivity index (χ2n) is 6.88. The number of likely N-dealkylation sites (tertiary alicyclic amines) is 1. The number of aromatic nitrogens is 1. The Hall–Kier alpha value is -3.58. The lowest BCUT2D eigenvalue weighted by molar-refractivity contribution is -0.140. The Labute approximate surface area is 183 Å². The molecule has 0 bridgehead atoms. The summed E-state index contributed by atoms with van der Waals surface area (Å²) in [6, 6.07) is 10.6. The summed E-state index contributed by atoms with van der Waals surface area (Å²) in [6.45, 7) is 2.34. The van der Waals surface area contributed by atoms with Crippen molar-refractivity contribution >= 4 is 29.1 Å². The van der Waals surface area contributed by atoms with Crippen LogP contribution in [0.25, 0.3) is 5.76 Å². The third-order valence-electron chi connectivity index (χ3n) is 4.96.